The fourth-order valence-electron chi connectivity index (χ4n) is 1.70. The molecular weight excluding hydrogens is 257 g/mol. The summed E-state index contributed by atoms with van der Waals surface area (Å²) in [7, 11) is 0. The summed E-state index contributed by atoms with van der Waals surface area (Å²) in [5, 5.41) is 12.1. The largest absolute Gasteiger partial charge is 0.393 e. The van der Waals surface area contributed by atoms with E-state index in [4.69, 9.17) is 11.6 Å². The number of hydrogen-bond acceptors (Lipinski definition) is 2. The van der Waals surface area contributed by atoms with Crippen LogP contribution in [0.15, 0.2) is 18.2 Å². The van der Waals surface area contributed by atoms with E-state index in [0.717, 1.165) is 6.07 Å². The minimum absolute atomic E-state index is 0.0244. The summed E-state index contributed by atoms with van der Waals surface area (Å²) < 4.78 is 13.5. The first kappa shape index (κ1) is 14.9. The van der Waals surface area contributed by atoms with Gasteiger partial charge in [-0.2, -0.15) is 0 Å². The Bertz CT molecular complexity index is 423. The molecule has 0 aliphatic heterocycles. The van der Waals surface area contributed by atoms with Gasteiger partial charge in [0.15, 0.2) is 0 Å². The van der Waals surface area contributed by atoms with E-state index >= 15 is 0 Å². The van der Waals surface area contributed by atoms with Gasteiger partial charge in [-0.25, -0.2) is 4.39 Å². The van der Waals surface area contributed by atoms with Crippen LogP contribution < -0.4 is 5.32 Å². The maximum absolute atomic E-state index is 13.5. The van der Waals surface area contributed by atoms with E-state index in [1.54, 1.807) is 6.92 Å². The lowest BCUT2D eigenvalue weighted by atomic mass is 10.0. The van der Waals surface area contributed by atoms with Gasteiger partial charge in [0.1, 0.15) is 5.82 Å². The minimum Gasteiger partial charge on any atom is -0.393 e. The van der Waals surface area contributed by atoms with Crippen molar-refractivity contribution in [3.8, 4) is 0 Å². The number of carbonyl (C=O) groups is 1. The highest BCUT2D eigenvalue weighted by Gasteiger charge is 2.13. The van der Waals surface area contributed by atoms with Crippen molar-refractivity contribution in [1.82, 2.24) is 5.32 Å². The van der Waals surface area contributed by atoms with Crippen molar-refractivity contribution in [1.29, 1.82) is 0 Å². The molecule has 0 aliphatic rings. The fraction of sp³-hybridized carbons (Fsp3) is 0.462. The third-order valence-corrected chi connectivity index (χ3v) is 2.77. The normalized spacial score (nSPS) is 14.1. The van der Waals surface area contributed by atoms with Crippen molar-refractivity contribution in [3.63, 3.8) is 0 Å². The maximum Gasteiger partial charge on any atom is 0.254 e. The summed E-state index contributed by atoms with van der Waals surface area (Å²) in [5.41, 5.74) is -0.0244. The number of rotatable bonds is 5. The third-order valence-electron chi connectivity index (χ3n) is 2.53. The van der Waals surface area contributed by atoms with E-state index in [1.165, 1.54) is 12.1 Å². The molecule has 18 heavy (non-hydrogen) atoms. The molecule has 0 aliphatic carbocycles. The average molecular weight is 274 g/mol. The molecule has 100 valence electrons. The number of hydrogen-bond donors (Lipinski definition) is 2. The van der Waals surface area contributed by atoms with E-state index in [9.17, 15) is 14.3 Å². The van der Waals surface area contributed by atoms with Crippen LogP contribution in [0.5, 0.6) is 0 Å². The molecule has 1 aromatic carbocycles. The Balaban J connectivity index is 2.55. The molecule has 0 aromatic heterocycles. The van der Waals surface area contributed by atoms with Gasteiger partial charge in [-0.15, -0.1) is 0 Å². The van der Waals surface area contributed by atoms with Crippen molar-refractivity contribution in [2.24, 2.45) is 5.92 Å². The lowest BCUT2D eigenvalue weighted by molar-refractivity contribution is 0.0935. The standard InChI is InChI=1S/C13H17ClFNO2/c1-8(5-9(2)17)7-16-13(18)11-4-3-10(14)6-12(11)15/h3-4,6,8-9,17H,5,7H2,1-2H3,(H,16,18). The molecule has 2 unspecified atom stereocenters. The van der Waals surface area contributed by atoms with Gasteiger partial charge in [0.2, 0.25) is 0 Å². The Hall–Kier alpha value is -1.13. The summed E-state index contributed by atoms with van der Waals surface area (Å²) in [5.74, 6) is -0.978. The average Bonchev–Trinajstić information content (AvgIpc) is 2.25. The van der Waals surface area contributed by atoms with E-state index in [2.05, 4.69) is 5.32 Å². The molecule has 0 radical (unpaired) electrons. The minimum atomic E-state index is -0.636. The summed E-state index contributed by atoms with van der Waals surface area (Å²) in [6.07, 6.45) is 0.174. The number of carbonyl (C=O) groups excluding carboxylic acids is 1. The van der Waals surface area contributed by atoms with Gasteiger partial charge >= 0.3 is 0 Å². The Morgan fingerprint density at radius 3 is 2.72 bits per heavy atom. The lowest BCUT2D eigenvalue weighted by Gasteiger charge is -2.14. The van der Waals surface area contributed by atoms with Crippen LogP contribution in [0.4, 0.5) is 4.39 Å². The number of aliphatic hydroxyl groups excluding tert-OH is 1. The van der Waals surface area contributed by atoms with Crippen LogP contribution in [-0.2, 0) is 0 Å². The highest BCUT2D eigenvalue weighted by molar-refractivity contribution is 6.30. The second kappa shape index (κ2) is 6.71. The van der Waals surface area contributed by atoms with E-state index < -0.39 is 17.8 Å². The van der Waals surface area contributed by atoms with E-state index in [0.29, 0.717) is 13.0 Å². The molecule has 5 heteroatoms. The number of benzene rings is 1. The van der Waals surface area contributed by atoms with Gasteiger partial charge in [-0.3, -0.25) is 4.79 Å². The van der Waals surface area contributed by atoms with Gasteiger partial charge in [0, 0.05) is 11.6 Å². The van der Waals surface area contributed by atoms with Crippen LogP contribution in [0.3, 0.4) is 0 Å². The third kappa shape index (κ3) is 4.63. The number of halogens is 2. The number of nitrogens with one attached hydrogen (secondary N) is 1. The zero-order valence-corrected chi connectivity index (χ0v) is 11.2. The Kier molecular flexibility index (Phi) is 5.56. The van der Waals surface area contributed by atoms with Gasteiger partial charge < -0.3 is 10.4 Å². The van der Waals surface area contributed by atoms with Gasteiger partial charge in [-0.1, -0.05) is 18.5 Å². The van der Waals surface area contributed by atoms with Crippen molar-refractivity contribution < 1.29 is 14.3 Å². The van der Waals surface area contributed by atoms with Crippen molar-refractivity contribution >= 4 is 17.5 Å². The first-order chi connectivity index (χ1) is 8.40. The van der Waals surface area contributed by atoms with E-state index in [1.807, 2.05) is 6.92 Å². The maximum atomic E-state index is 13.5. The molecule has 1 aromatic rings. The molecule has 0 spiro atoms. The summed E-state index contributed by atoms with van der Waals surface area (Å²) in [6, 6.07) is 3.93. The molecule has 0 saturated heterocycles. The van der Waals surface area contributed by atoms with Crippen molar-refractivity contribution in [3.05, 3.63) is 34.6 Å². The first-order valence-corrected chi connectivity index (χ1v) is 6.19. The van der Waals surface area contributed by atoms with Gasteiger partial charge in [0.05, 0.1) is 11.7 Å². The quantitative estimate of drug-likeness (QED) is 0.866. The molecule has 2 N–H and O–H groups in total. The highest BCUT2D eigenvalue weighted by atomic mass is 35.5. The molecule has 0 saturated carbocycles. The summed E-state index contributed by atoms with van der Waals surface area (Å²) in [4.78, 5) is 11.7. The predicted molar refractivity (Wildman–Crippen MR) is 69.2 cm³/mol. The van der Waals surface area contributed by atoms with Crippen LogP contribution in [0.25, 0.3) is 0 Å². The van der Waals surface area contributed by atoms with Gasteiger partial charge in [0.25, 0.3) is 5.91 Å². The summed E-state index contributed by atoms with van der Waals surface area (Å²) >= 11 is 5.61. The fourth-order valence-corrected chi connectivity index (χ4v) is 1.86. The monoisotopic (exact) mass is 273 g/mol. The van der Waals surface area contributed by atoms with Crippen LogP contribution in [0, 0.1) is 11.7 Å². The number of aliphatic hydroxyl groups is 1. The van der Waals surface area contributed by atoms with E-state index in [-0.39, 0.29) is 16.5 Å². The Morgan fingerprint density at radius 2 is 2.17 bits per heavy atom. The SMILES string of the molecule is CC(O)CC(C)CNC(=O)c1ccc(Cl)cc1F. The lowest BCUT2D eigenvalue weighted by Crippen LogP contribution is -2.30. The zero-order valence-electron chi connectivity index (χ0n) is 10.4. The van der Waals surface area contributed by atoms with Crippen LogP contribution in [0.2, 0.25) is 5.02 Å². The molecule has 1 amide bonds. The summed E-state index contributed by atoms with van der Waals surface area (Å²) in [6.45, 7) is 3.99. The molecule has 2 atom stereocenters. The number of amides is 1. The van der Waals surface area contributed by atoms with Crippen LogP contribution in [0.1, 0.15) is 30.6 Å². The second-order valence-corrected chi connectivity index (χ2v) is 4.96. The second-order valence-electron chi connectivity index (χ2n) is 4.52. The Labute approximate surface area is 111 Å². The van der Waals surface area contributed by atoms with Crippen molar-refractivity contribution in [2.45, 2.75) is 26.4 Å². The molecule has 0 fully saturated rings. The zero-order chi connectivity index (χ0) is 13.7. The predicted octanol–water partition coefficient (Wildman–Crippen LogP) is 2.62. The van der Waals surface area contributed by atoms with Crippen molar-refractivity contribution in [2.75, 3.05) is 6.54 Å². The first-order valence-electron chi connectivity index (χ1n) is 5.81. The molecule has 3 nitrogen and oxygen atoms in total. The molecular formula is C13H17ClFNO2. The highest BCUT2D eigenvalue weighted by Crippen LogP contribution is 2.14. The van der Waals surface area contributed by atoms with Crippen LogP contribution in [-0.4, -0.2) is 23.7 Å². The molecule has 0 heterocycles. The molecule has 0 bridgehead atoms. The van der Waals surface area contributed by atoms with Gasteiger partial charge in [-0.05, 0) is 37.5 Å². The topological polar surface area (TPSA) is 49.3 Å². The Morgan fingerprint density at radius 1 is 1.50 bits per heavy atom. The van der Waals surface area contributed by atoms with Crippen LogP contribution >= 0.6 is 11.6 Å². The smallest absolute Gasteiger partial charge is 0.254 e. The molecule has 1 rings (SSSR count).